The summed E-state index contributed by atoms with van der Waals surface area (Å²) in [6, 6.07) is 10.1. The molecule has 0 bridgehead atoms. The van der Waals surface area contributed by atoms with Crippen LogP contribution in [0.25, 0.3) is 0 Å². The predicted molar refractivity (Wildman–Crippen MR) is 86.1 cm³/mol. The zero-order valence-corrected chi connectivity index (χ0v) is 13.5. The molecular formula is C17H17BrN2O. The van der Waals surface area contributed by atoms with Gasteiger partial charge in [0.1, 0.15) is 0 Å². The van der Waals surface area contributed by atoms with Crippen molar-refractivity contribution in [1.29, 1.82) is 0 Å². The lowest BCUT2D eigenvalue weighted by Crippen LogP contribution is -2.30. The number of halogens is 1. The van der Waals surface area contributed by atoms with Crippen LogP contribution in [0.3, 0.4) is 0 Å². The van der Waals surface area contributed by atoms with E-state index in [-0.39, 0.29) is 11.9 Å². The van der Waals surface area contributed by atoms with E-state index in [1.165, 1.54) is 5.56 Å². The summed E-state index contributed by atoms with van der Waals surface area (Å²) in [7, 11) is 0. The fourth-order valence-corrected chi connectivity index (χ4v) is 3.32. The third-order valence-electron chi connectivity index (χ3n) is 3.96. The molecule has 1 amide bonds. The fourth-order valence-electron chi connectivity index (χ4n) is 2.90. The molecule has 3 rings (SSSR count). The van der Waals surface area contributed by atoms with Gasteiger partial charge in [0.15, 0.2) is 0 Å². The Morgan fingerprint density at radius 3 is 2.81 bits per heavy atom. The Hall–Kier alpha value is -1.68. The number of benzene rings is 1. The fraction of sp³-hybridized carbons (Fsp3) is 0.294. The topological polar surface area (TPSA) is 33.2 Å². The van der Waals surface area contributed by atoms with E-state index in [0.29, 0.717) is 0 Å². The molecule has 1 aliphatic heterocycles. The standard InChI is InChI=1S/C17H17BrN2O/c1-12-4-5-15(18)14(11-12)17(21)20-10-2-3-16(20)13-6-8-19-9-7-13/h4-9,11,16H,2-3,10H2,1H3. The van der Waals surface area contributed by atoms with Gasteiger partial charge < -0.3 is 4.90 Å². The van der Waals surface area contributed by atoms with Gasteiger partial charge in [-0.3, -0.25) is 9.78 Å². The SMILES string of the molecule is Cc1ccc(Br)c(C(=O)N2CCCC2c2ccncc2)c1. The van der Waals surface area contributed by atoms with Crippen molar-refractivity contribution in [2.45, 2.75) is 25.8 Å². The number of aromatic nitrogens is 1. The van der Waals surface area contributed by atoms with Crippen LogP contribution >= 0.6 is 15.9 Å². The van der Waals surface area contributed by atoms with Crippen LogP contribution in [-0.2, 0) is 0 Å². The highest BCUT2D eigenvalue weighted by molar-refractivity contribution is 9.10. The monoisotopic (exact) mass is 344 g/mol. The van der Waals surface area contributed by atoms with Crippen LogP contribution in [0, 0.1) is 6.92 Å². The van der Waals surface area contributed by atoms with Crippen molar-refractivity contribution >= 4 is 21.8 Å². The van der Waals surface area contributed by atoms with Gasteiger partial charge in [0.2, 0.25) is 0 Å². The molecule has 1 aromatic heterocycles. The number of rotatable bonds is 2. The summed E-state index contributed by atoms with van der Waals surface area (Å²) >= 11 is 3.50. The molecule has 21 heavy (non-hydrogen) atoms. The molecule has 108 valence electrons. The molecule has 2 heterocycles. The Morgan fingerprint density at radius 1 is 1.29 bits per heavy atom. The molecule has 0 aliphatic carbocycles. The van der Waals surface area contributed by atoms with Gasteiger partial charge in [0, 0.05) is 23.4 Å². The minimum absolute atomic E-state index is 0.102. The third kappa shape index (κ3) is 2.86. The van der Waals surface area contributed by atoms with Crippen LogP contribution in [0.5, 0.6) is 0 Å². The van der Waals surface area contributed by atoms with Crippen molar-refractivity contribution in [1.82, 2.24) is 9.88 Å². The predicted octanol–water partition coefficient (Wildman–Crippen LogP) is 4.13. The lowest BCUT2D eigenvalue weighted by Gasteiger charge is -2.25. The van der Waals surface area contributed by atoms with Crippen molar-refractivity contribution in [3.8, 4) is 0 Å². The van der Waals surface area contributed by atoms with Gasteiger partial charge in [-0.25, -0.2) is 0 Å². The first-order chi connectivity index (χ1) is 10.2. The summed E-state index contributed by atoms with van der Waals surface area (Å²) < 4.78 is 0.860. The Kier molecular flexibility index (Phi) is 4.06. The van der Waals surface area contributed by atoms with Crippen LogP contribution in [0.15, 0.2) is 47.2 Å². The first kappa shape index (κ1) is 14.3. The molecule has 0 spiro atoms. The maximum atomic E-state index is 12.9. The largest absolute Gasteiger partial charge is 0.332 e. The Balaban J connectivity index is 1.92. The van der Waals surface area contributed by atoms with E-state index in [1.807, 2.05) is 42.2 Å². The van der Waals surface area contributed by atoms with Crippen LogP contribution in [0.2, 0.25) is 0 Å². The van der Waals surface area contributed by atoms with E-state index >= 15 is 0 Å². The summed E-state index contributed by atoms with van der Waals surface area (Å²) in [5.41, 5.74) is 3.01. The highest BCUT2D eigenvalue weighted by Crippen LogP contribution is 2.34. The molecule has 0 radical (unpaired) electrons. The molecule has 1 aliphatic rings. The molecule has 2 aromatic rings. The quantitative estimate of drug-likeness (QED) is 0.820. The molecule has 1 aromatic carbocycles. The van der Waals surface area contributed by atoms with E-state index in [9.17, 15) is 4.79 Å². The van der Waals surface area contributed by atoms with Crippen LogP contribution in [-0.4, -0.2) is 22.3 Å². The summed E-state index contributed by atoms with van der Waals surface area (Å²) in [6.45, 7) is 2.82. The Bertz CT molecular complexity index is 657. The number of pyridine rings is 1. The Labute approximate surface area is 133 Å². The van der Waals surface area contributed by atoms with Gasteiger partial charge >= 0.3 is 0 Å². The highest BCUT2D eigenvalue weighted by atomic mass is 79.9. The lowest BCUT2D eigenvalue weighted by molar-refractivity contribution is 0.0734. The number of hydrogen-bond acceptors (Lipinski definition) is 2. The van der Waals surface area contributed by atoms with E-state index < -0.39 is 0 Å². The van der Waals surface area contributed by atoms with E-state index in [4.69, 9.17) is 0 Å². The van der Waals surface area contributed by atoms with Gasteiger partial charge in [-0.15, -0.1) is 0 Å². The van der Waals surface area contributed by atoms with Crippen molar-refractivity contribution < 1.29 is 4.79 Å². The zero-order chi connectivity index (χ0) is 14.8. The molecule has 1 atom stereocenters. The number of likely N-dealkylation sites (tertiary alicyclic amines) is 1. The maximum Gasteiger partial charge on any atom is 0.255 e. The van der Waals surface area contributed by atoms with Crippen LogP contribution < -0.4 is 0 Å². The van der Waals surface area contributed by atoms with Gasteiger partial charge in [0.25, 0.3) is 5.91 Å². The van der Waals surface area contributed by atoms with Crippen molar-refractivity contribution in [2.75, 3.05) is 6.54 Å². The van der Waals surface area contributed by atoms with E-state index in [1.54, 1.807) is 12.4 Å². The number of carbonyl (C=O) groups is 1. The summed E-state index contributed by atoms with van der Waals surface area (Å²) in [4.78, 5) is 18.9. The normalized spacial score (nSPS) is 18.0. The van der Waals surface area contributed by atoms with Crippen LogP contribution in [0.4, 0.5) is 0 Å². The van der Waals surface area contributed by atoms with Gasteiger partial charge in [-0.2, -0.15) is 0 Å². The smallest absolute Gasteiger partial charge is 0.255 e. The summed E-state index contributed by atoms with van der Waals surface area (Å²) in [5.74, 6) is 0.102. The number of aryl methyl sites for hydroxylation is 1. The number of nitrogens with zero attached hydrogens (tertiary/aromatic N) is 2. The van der Waals surface area contributed by atoms with Gasteiger partial charge in [0.05, 0.1) is 11.6 Å². The minimum Gasteiger partial charge on any atom is -0.332 e. The second-order valence-electron chi connectivity index (χ2n) is 5.42. The number of hydrogen-bond donors (Lipinski definition) is 0. The molecule has 1 fully saturated rings. The molecule has 4 heteroatoms. The molecule has 0 saturated carbocycles. The molecular weight excluding hydrogens is 328 g/mol. The third-order valence-corrected chi connectivity index (χ3v) is 4.65. The average Bonchev–Trinajstić information content (AvgIpc) is 2.99. The van der Waals surface area contributed by atoms with Gasteiger partial charge in [-0.1, -0.05) is 11.6 Å². The van der Waals surface area contributed by atoms with Gasteiger partial charge in [-0.05, 0) is 65.5 Å². The molecule has 1 saturated heterocycles. The minimum atomic E-state index is 0.102. The molecule has 0 N–H and O–H groups in total. The van der Waals surface area contributed by atoms with Crippen LogP contribution in [0.1, 0.15) is 40.4 Å². The van der Waals surface area contributed by atoms with E-state index in [0.717, 1.165) is 35.0 Å². The summed E-state index contributed by atoms with van der Waals surface area (Å²) in [6.07, 6.45) is 5.64. The van der Waals surface area contributed by atoms with Crippen molar-refractivity contribution in [3.63, 3.8) is 0 Å². The first-order valence-corrected chi connectivity index (χ1v) is 7.93. The second kappa shape index (κ2) is 5.98. The second-order valence-corrected chi connectivity index (χ2v) is 6.27. The highest BCUT2D eigenvalue weighted by Gasteiger charge is 2.31. The first-order valence-electron chi connectivity index (χ1n) is 7.14. The van der Waals surface area contributed by atoms with Crippen molar-refractivity contribution in [3.05, 3.63) is 63.9 Å². The van der Waals surface area contributed by atoms with E-state index in [2.05, 4.69) is 20.9 Å². The number of carbonyl (C=O) groups excluding carboxylic acids is 1. The average molecular weight is 345 g/mol. The zero-order valence-electron chi connectivity index (χ0n) is 11.9. The summed E-state index contributed by atoms with van der Waals surface area (Å²) in [5, 5.41) is 0. The number of amides is 1. The molecule has 1 unspecified atom stereocenters. The lowest BCUT2D eigenvalue weighted by atomic mass is 10.0. The molecule has 3 nitrogen and oxygen atoms in total. The maximum absolute atomic E-state index is 12.9. The Morgan fingerprint density at radius 2 is 2.05 bits per heavy atom. The van der Waals surface area contributed by atoms with Crippen molar-refractivity contribution in [2.24, 2.45) is 0 Å².